The molecule has 5 heteroatoms. The van der Waals surface area contributed by atoms with Crippen LogP contribution in [0.25, 0.3) is 0 Å². The molecule has 5 nitrogen and oxygen atoms in total. The molecule has 0 bridgehead atoms. The lowest BCUT2D eigenvalue weighted by Crippen LogP contribution is -2.46. The van der Waals surface area contributed by atoms with Gasteiger partial charge in [0.2, 0.25) is 0 Å². The van der Waals surface area contributed by atoms with Gasteiger partial charge in [-0.05, 0) is 73.1 Å². The van der Waals surface area contributed by atoms with Gasteiger partial charge in [-0.3, -0.25) is 9.69 Å². The normalized spacial score (nSPS) is 22.5. The molecule has 2 N–H and O–H groups in total. The van der Waals surface area contributed by atoms with E-state index < -0.39 is 5.54 Å². The average molecular weight is 299 g/mol. The average Bonchev–Trinajstić information content (AvgIpc) is 2.81. The Hall–Kier alpha value is -0.650. The van der Waals surface area contributed by atoms with Crippen LogP contribution in [0.3, 0.4) is 0 Å². The predicted octanol–water partition coefficient (Wildman–Crippen LogP) is 1.46. The molecule has 1 rings (SSSR count). The molecule has 2 unspecified atom stereocenters. The summed E-state index contributed by atoms with van der Waals surface area (Å²) in [6.45, 7) is 7.43. The van der Waals surface area contributed by atoms with Crippen LogP contribution in [0.15, 0.2) is 0 Å². The van der Waals surface area contributed by atoms with Crippen LogP contribution >= 0.6 is 0 Å². The van der Waals surface area contributed by atoms with Gasteiger partial charge in [-0.2, -0.15) is 0 Å². The van der Waals surface area contributed by atoms with Gasteiger partial charge in [0.05, 0.1) is 6.61 Å². The predicted molar refractivity (Wildman–Crippen MR) is 86.2 cm³/mol. The van der Waals surface area contributed by atoms with E-state index in [0.29, 0.717) is 19.1 Å². The van der Waals surface area contributed by atoms with Crippen molar-refractivity contribution in [1.82, 2.24) is 9.80 Å². The lowest BCUT2D eigenvalue weighted by atomic mass is 9.96. The van der Waals surface area contributed by atoms with Gasteiger partial charge in [-0.1, -0.05) is 0 Å². The molecule has 0 radical (unpaired) electrons. The van der Waals surface area contributed by atoms with Gasteiger partial charge in [0.25, 0.3) is 0 Å². The Morgan fingerprint density at radius 1 is 1.43 bits per heavy atom. The Morgan fingerprint density at radius 2 is 2.14 bits per heavy atom. The molecule has 0 spiro atoms. The second-order valence-electron chi connectivity index (χ2n) is 6.69. The fourth-order valence-corrected chi connectivity index (χ4v) is 3.02. The summed E-state index contributed by atoms with van der Waals surface area (Å²) in [6.07, 6.45) is 5.36. The van der Waals surface area contributed by atoms with E-state index in [0.717, 1.165) is 25.9 Å². The van der Waals surface area contributed by atoms with Crippen LogP contribution in [0.5, 0.6) is 0 Å². The SMILES string of the molecule is CCOC(=O)C(C)(N)CCCCN1CCCC1CN(C)C. The number of nitrogens with zero attached hydrogens (tertiary/aromatic N) is 2. The van der Waals surface area contributed by atoms with Crippen LogP contribution in [-0.4, -0.2) is 67.7 Å². The number of ether oxygens (including phenoxy) is 1. The number of likely N-dealkylation sites (tertiary alicyclic amines) is 1. The van der Waals surface area contributed by atoms with Crippen molar-refractivity contribution in [2.45, 2.75) is 57.5 Å². The maximum atomic E-state index is 11.7. The summed E-state index contributed by atoms with van der Waals surface area (Å²) in [7, 11) is 4.27. The molecule has 0 aromatic heterocycles. The van der Waals surface area contributed by atoms with Crippen LogP contribution in [-0.2, 0) is 9.53 Å². The number of likely N-dealkylation sites (N-methyl/N-ethyl adjacent to an activating group) is 1. The van der Waals surface area contributed by atoms with Gasteiger partial charge in [-0.15, -0.1) is 0 Å². The van der Waals surface area contributed by atoms with Gasteiger partial charge in [0, 0.05) is 12.6 Å². The number of esters is 1. The molecule has 124 valence electrons. The highest BCUT2D eigenvalue weighted by Gasteiger charge is 2.29. The molecule has 21 heavy (non-hydrogen) atoms. The van der Waals surface area contributed by atoms with E-state index in [1.807, 2.05) is 6.92 Å². The molecule has 0 aromatic carbocycles. The number of hydrogen-bond donors (Lipinski definition) is 1. The number of carbonyl (C=O) groups excluding carboxylic acids is 1. The first-order valence-electron chi connectivity index (χ1n) is 8.21. The second kappa shape index (κ2) is 8.71. The van der Waals surface area contributed by atoms with E-state index in [9.17, 15) is 4.79 Å². The number of hydrogen-bond acceptors (Lipinski definition) is 5. The van der Waals surface area contributed by atoms with E-state index in [4.69, 9.17) is 10.5 Å². The molecular weight excluding hydrogens is 266 g/mol. The van der Waals surface area contributed by atoms with Crippen LogP contribution in [0.4, 0.5) is 0 Å². The topological polar surface area (TPSA) is 58.8 Å². The summed E-state index contributed by atoms with van der Waals surface area (Å²) in [5.74, 6) is -0.281. The first kappa shape index (κ1) is 18.4. The van der Waals surface area contributed by atoms with Crippen molar-refractivity contribution in [3.8, 4) is 0 Å². The lowest BCUT2D eigenvalue weighted by molar-refractivity contribution is -0.149. The molecule has 0 aromatic rings. The van der Waals surface area contributed by atoms with Crippen molar-refractivity contribution in [2.24, 2.45) is 5.73 Å². The Bertz CT molecular complexity index is 319. The maximum absolute atomic E-state index is 11.7. The molecule has 1 saturated heterocycles. The Morgan fingerprint density at radius 3 is 2.76 bits per heavy atom. The number of unbranched alkanes of at least 4 members (excludes halogenated alkanes) is 1. The van der Waals surface area contributed by atoms with E-state index in [1.54, 1.807) is 6.92 Å². The number of carbonyl (C=O) groups is 1. The molecule has 1 aliphatic rings. The molecule has 0 amide bonds. The quantitative estimate of drug-likeness (QED) is 0.516. The van der Waals surface area contributed by atoms with Gasteiger partial charge >= 0.3 is 5.97 Å². The third-order valence-corrected chi connectivity index (χ3v) is 4.21. The minimum atomic E-state index is -0.843. The maximum Gasteiger partial charge on any atom is 0.325 e. The van der Waals surface area contributed by atoms with Crippen molar-refractivity contribution in [2.75, 3.05) is 40.3 Å². The molecular formula is C16H33N3O2. The molecule has 1 aliphatic heterocycles. The third kappa shape index (κ3) is 6.32. The van der Waals surface area contributed by atoms with E-state index in [1.165, 1.54) is 19.4 Å². The van der Waals surface area contributed by atoms with Gasteiger partial charge in [-0.25, -0.2) is 0 Å². The zero-order chi connectivity index (χ0) is 15.9. The van der Waals surface area contributed by atoms with Crippen LogP contribution in [0.2, 0.25) is 0 Å². The lowest BCUT2D eigenvalue weighted by Gasteiger charge is -2.27. The fourth-order valence-electron chi connectivity index (χ4n) is 3.02. The first-order chi connectivity index (χ1) is 9.86. The number of nitrogens with two attached hydrogens (primary N) is 1. The Kier molecular flexibility index (Phi) is 7.63. The largest absolute Gasteiger partial charge is 0.465 e. The minimum Gasteiger partial charge on any atom is -0.465 e. The minimum absolute atomic E-state index is 0.281. The summed E-state index contributed by atoms with van der Waals surface area (Å²) in [5, 5.41) is 0. The highest BCUT2D eigenvalue weighted by atomic mass is 16.5. The van der Waals surface area contributed by atoms with Gasteiger partial charge in [0.1, 0.15) is 5.54 Å². The second-order valence-corrected chi connectivity index (χ2v) is 6.69. The summed E-state index contributed by atoms with van der Waals surface area (Å²) in [5.41, 5.74) is 5.20. The van der Waals surface area contributed by atoms with E-state index in [-0.39, 0.29) is 5.97 Å². The summed E-state index contributed by atoms with van der Waals surface area (Å²) in [4.78, 5) is 16.6. The standard InChI is InChI=1S/C16H33N3O2/c1-5-21-15(20)16(2,17)10-6-7-11-19-12-8-9-14(19)13-18(3)4/h14H,5-13,17H2,1-4H3. The van der Waals surface area contributed by atoms with Crippen LogP contribution in [0, 0.1) is 0 Å². The van der Waals surface area contributed by atoms with Gasteiger partial charge < -0.3 is 15.4 Å². The summed E-state index contributed by atoms with van der Waals surface area (Å²) in [6, 6.07) is 0.689. The van der Waals surface area contributed by atoms with E-state index >= 15 is 0 Å². The number of rotatable bonds is 9. The highest BCUT2D eigenvalue weighted by molar-refractivity contribution is 5.79. The smallest absolute Gasteiger partial charge is 0.325 e. The van der Waals surface area contributed by atoms with Crippen molar-refractivity contribution in [1.29, 1.82) is 0 Å². The van der Waals surface area contributed by atoms with E-state index in [2.05, 4.69) is 23.9 Å². The van der Waals surface area contributed by atoms with Gasteiger partial charge in [0.15, 0.2) is 0 Å². The molecule has 1 fully saturated rings. The highest BCUT2D eigenvalue weighted by Crippen LogP contribution is 2.19. The Balaban J connectivity index is 2.25. The third-order valence-electron chi connectivity index (χ3n) is 4.21. The van der Waals surface area contributed by atoms with Crippen LogP contribution in [0.1, 0.15) is 46.0 Å². The molecule has 2 atom stereocenters. The van der Waals surface area contributed by atoms with Crippen molar-refractivity contribution in [3.63, 3.8) is 0 Å². The first-order valence-corrected chi connectivity index (χ1v) is 8.21. The van der Waals surface area contributed by atoms with Crippen molar-refractivity contribution < 1.29 is 9.53 Å². The van der Waals surface area contributed by atoms with Crippen molar-refractivity contribution >= 4 is 5.97 Å². The Labute approximate surface area is 129 Å². The molecule has 0 saturated carbocycles. The monoisotopic (exact) mass is 299 g/mol. The fraction of sp³-hybridized carbons (Fsp3) is 0.938. The summed E-state index contributed by atoms with van der Waals surface area (Å²) >= 11 is 0. The summed E-state index contributed by atoms with van der Waals surface area (Å²) < 4.78 is 5.02. The zero-order valence-corrected chi connectivity index (χ0v) is 14.2. The van der Waals surface area contributed by atoms with Crippen LogP contribution < -0.4 is 5.73 Å². The molecule has 0 aliphatic carbocycles. The van der Waals surface area contributed by atoms with Crippen molar-refractivity contribution in [3.05, 3.63) is 0 Å². The molecule has 1 heterocycles. The zero-order valence-electron chi connectivity index (χ0n) is 14.2.